The van der Waals surface area contributed by atoms with Gasteiger partial charge in [-0.3, -0.25) is 0 Å². The van der Waals surface area contributed by atoms with Gasteiger partial charge in [-0.25, -0.2) is 0 Å². The average Bonchev–Trinajstić information content (AvgIpc) is 1.65. The minimum atomic E-state index is -0.0139. The normalized spacial score (nSPS) is 13.1. The summed E-state index contributed by atoms with van der Waals surface area (Å²) < 4.78 is 11.4. The number of halogens is 2. The summed E-state index contributed by atoms with van der Waals surface area (Å²) >= 11 is 0. The molecular weight excluding hydrogens is 129 g/mol. The van der Waals surface area contributed by atoms with Crippen LogP contribution in [0.25, 0.3) is 0 Å². The van der Waals surface area contributed by atoms with Crippen LogP contribution in [0.2, 0.25) is 0 Å². The summed E-state index contributed by atoms with van der Waals surface area (Å²) in [7, 11) is 0. The minimum Gasteiger partial charge on any atom is -0.156 e. The van der Waals surface area contributed by atoms with Crippen molar-refractivity contribution in [2.45, 2.75) is 26.8 Å². The molecule has 0 spiro atoms. The Bertz CT molecular complexity index is 49.7. The first-order valence-electron chi connectivity index (χ1n) is 2.54. The van der Waals surface area contributed by atoms with Crippen molar-refractivity contribution in [3.63, 3.8) is 0 Å². The van der Waals surface area contributed by atoms with Crippen LogP contribution >= 0.6 is 12.4 Å². The number of hydrogen-bond donors (Lipinski definition) is 1. The zero-order valence-corrected chi connectivity index (χ0v) is 6.26. The molecule has 1 nitrogen and oxygen atoms in total. The van der Waals surface area contributed by atoms with Gasteiger partial charge < -0.3 is 0 Å². The fourth-order valence-corrected chi connectivity index (χ4v) is 0.126. The average molecular weight is 142 g/mol. The maximum atomic E-state index is 11.4. The molecule has 52 valence electrons. The molecule has 0 rings (SSSR count). The van der Waals surface area contributed by atoms with Gasteiger partial charge in [-0.1, -0.05) is 13.8 Å². The molecule has 0 fully saturated rings. The van der Waals surface area contributed by atoms with Crippen LogP contribution in [0.15, 0.2) is 0 Å². The lowest BCUT2D eigenvalue weighted by molar-refractivity contribution is 0.242. The SMILES string of the molecule is CC(C)C(C)NF.Cl. The van der Waals surface area contributed by atoms with Crippen LogP contribution in [0.4, 0.5) is 4.48 Å². The molecule has 0 radical (unpaired) electrons. The zero-order chi connectivity index (χ0) is 5.86. The molecule has 0 aliphatic rings. The topological polar surface area (TPSA) is 12.0 Å². The molecule has 0 aliphatic heterocycles. The van der Waals surface area contributed by atoms with Crippen LogP contribution in [-0.2, 0) is 0 Å². The summed E-state index contributed by atoms with van der Waals surface area (Å²) in [6.45, 7) is 5.75. The minimum absolute atomic E-state index is 0. The predicted molar refractivity (Wildman–Crippen MR) is 35.8 cm³/mol. The lowest BCUT2D eigenvalue weighted by atomic mass is 10.1. The summed E-state index contributed by atoms with van der Waals surface area (Å²) in [6, 6.07) is -0.0139. The Labute approximate surface area is 56.0 Å². The zero-order valence-electron chi connectivity index (χ0n) is 5.44. The maximum Gasteiger partial charge on any atom is 0.0366 e. The van der Waals surface area contributed by atoms with Crippen molar-refractivity contribution in [3.8, 4) is 0 Å². The number of nitrogens with one attached hydrogen (secondary N) is 1. The second kappa shape index (κ2) is 5.32. The Morgan fingerprint density at radius 1 is 1.25 bits per heavy atom. The van der Waals surface area contributed by atoms with Crippen LogP contribution in [0, 0.1) is 5.92 Å². The Balaban J connectivity index is 0. The fourth-order valence-electron chi connectivity index (χ4n) is 0.126. The quantitative estimate of drug-likeness (QED) is 0.580. The van der Waals surface area contributed by atoms with Gasteiger partial charge in [-0.05, 0) is 12.8 Å². The molecule has 0 aromatic heterocycles. The van der Waals surface area contributed by atoms with Gasteiger partial charge in [0.1, 0.15) is 0 Å². The van der Waals surface area contributed by atoms with Gasteiger partial charge >= 0.3 is 0 Å². The van der Waals surface area contributed by atoms with E-state index in [0.717, 1.165) is 0 Å². The van der Waals surface area contributed by atoms with E-state index in [0.29, 0.717) is 5.92 Å². The van der Waals surface area contributed by atoms with Crippen molar-refractivity contribution in [1.82, 2.24) is 5.54 Å². The number of rotatable bonds is 2. The molecule has 0 aromatic carbocycles. The van der Waals surface area contributed by atoms with E-state index in [4.69, 9.17) is 0 Å². The van der Waals surface area contributed by atoms with E-state index < -0.39 is 0 Å². The largest absolute Gasteiger partial charge is 0.156 e. The molecule has 0 amide bonds. The smallest absolute Gasteiger partial charge is 0.0366 e. The molecule has 8 heavy (non-hydrogen) atoms. The highest BCUT2D eigenvalue weighted by Gasteiger charge is 2.02. The Kier molecular flexibility index (Phi) is 7.34. The Morgan fingerprint density at radius 2 is 1.62 bits per heavy atom. The van der Waals surface area contributed by atoms with E-state index >= 15 is 0 Å². The second-order valence-electron chi connectivity index (χ2n) is 2.14. The van der Waals surface area contributed by atoms with E-state index in [1.807, 2.05) is 20.8 Å². The molecule has 0 saturated heterocycles. The molecule has 0 heterocycles. The third kappa shape index (κ3) is 4.34. The van der Waals surface area contributed by atoms with Gasteiger partial charge in [-0.15, -0.1) is 16.9 Å². The second-order valence-corrected chi connectivity index (χ2v) is 2.14. The molecule has 0 aliphatic carbocycles. The van der Waals surface area contributed by atoms with E-state index in [2.05, 4.69) is 0 Å². The van der Waals surface area contributed by atoms with Gasteiger partial charge in [0, 0.05) is 6.04 Å². The summed E-state index contributed by atoms with van der Waals surface area (Å²) in [5, 5.41) is 0. The monoisotopic (exact) mass is 141 g/mol. The first-order chi connectivity index (χ1) is 3.18. The van der Waals surface area contributed by atoms with E-state index in [-0.39, 0.29) is 18.4 Å². The lowest BCUT2D eigenvalue weighted by Crippen LogP contribution is -2.23. The van der Waals surface area contributed by atoms with Crippen LogP contribution in [0.5, 0.6) is 0 Å². The summed E-state index contributed by atoms with van der Waals surface area (Å²) in [4.78, 5) is 0. The fraction of sp³-hybridized carbons (Fsp3) is 1.00. The van der Waals surface area contributed by atoms with Crippen LogP contribution in [-0.4, -0.2) is 6.04 Å². The molecule has 1 unspecified atom stereocenters. The van der Waals surface area contributed by atoms with Crippen molar-refractivity contribution < 1.29 is 4.48 Å². The van der Waals surface area contributed by atoms with Gasteiger partial charge in [0.05, 0.1) is 0 Å². The van der Waals surface area contributed by atoms with Crippen molar-refractivity contribution >= 4 is 12.4 Å². The Morgan fingerprint density at radius 3 is 1.62 bits per heavy atom. The molecule has 0 saturated carbocycles. The van der Waals surface area contributed by atoms with Crippen LogP contribution in [0.3, 0.4) is 0 Å². The predicted octanol–water partition coefficient (Wildman–Crippen LogP) is 1.93. The van der Waals surface area contributed by atoms with Crippen molar-refractivity contribution in [1.29, 1.82) is 0 Å². The van der Waals surface area contributed by atoms with Crippen molar-refractivity contribution in [2.75, 3.05) is 0 Å². The molecule has 0 aromatic rings. The van der Waals surface area contributed by atoms with E-state index in [1.165, 1.54) is 0 Å². The highest BCUT2D eigenvalue weighted by atomic mass is 35.5. The molecular formula is C5H13ClFN. The van der Waals surface area contributed by atoms with Gasteiger partial charge in [-0.2, -0.15) is 5.54 Å². The molecule has 0 bridgehead atoms. The van der Waals surface area contributed by atoms with Crippen molar-refractivity contribution in [3.05, 3.63) is 0 Å². The van der Waals surface area contributed by atoms with E-state index in [9.17, 15) is 4.48 Å². The van der Waals surface area contributed by atoms with Crippen LogP contribution in [0.1, 0.15) is 20.8 Å². The van der Waals surface area contributed by atoms with Crippen LogP contribution < -0.4 is 5.54 Å². The summed E-state index contributed by atoms with van der Waals surface area (Å²) in [6.07, 6.45) is 0. The molecule has 1 atom stereocenters. The standard InChI is InChI=1S/C5H12FN.ClH/c1-4(2)5(3)7-6;/h4-5,7H,1-3H3;1H. The van der Waals surface area contributed by atoms with E-state index in [1.54, 1.807) is 5.54 Å². The first kappa shape index (κ1) is 11.0. The van der Waals surface area contributed by atoms with Gasteiger partial charge in [0.25, 0.3) is 0 Å². The maximum absolute atomic E-state index is 11.4. The first-order valence-corrected chi connectivity index (χ1v) is 2.54. The van der Waals surface area contributed by atoms with Gasteiger partial charge in [0.15, 0.2) is 0 Å². The number of hydrogen-bond acceptors (Lipinski definition) is 1. The molecule has 1 N–H and O–H groups in total. The summed E-state index contributed by atoms with van der Waals surface area (Å²) in [5.74, 6) is 0.380. The highest BCUT2D eigenvalue weighted by molar-refractivity contribution is 5.85. The summed E-state index contributed by atoms with van der Waals surface area (Å²) in [5.41, 5.74) is 1.66. The molecule has 3 heteroatoms. The van der Waals surface area contributed by atoms with Crippen molar-refractivity contribution in [2.24, 2.45) is 5.92 Å². The Hall–Kier alpha value is 0.180. The lowest BCUT2D eigenvalue weighted by Gasteiger charge is -2.09. The third-order valence-corrected chi connectivity index (χ3v) is 1.17. The highest BCUT2D eigenvalue weighted by Crippen LogP contribution is 1.98. The van der Waals surface area contributed by atoms with Gasteiger partial charge in [0.2, 0.25) is 0 Å². The third-order valence-electron chi connectivity index (χ3n) is 1.17.